The predicted molar refractivity (Wildman–Crippen MR) is 118 cm³/mol. The number of hydrogen-bond acceptors (Lipinski definition) is 4. The summed E-state index contributed by atoms with van der Waals surface area (Å²) < 4.78 is 2.28. The average Bonchev–Trinajstić information content (AvgIpc) is 3.29. The number of aromatic nitrogens is 2. The second-order valence-corrected chi connectivity index (χ2v) is 8.26. The van der Waals surface area contributed by atoms with E-state index in [0.29, 0.717) is 12.3 Å². The van der Waals surface area contributed by atoms with Crippen LogP contribution < -0.4 is 5.32 Å². The maximum atomic E-state index is 12.4. The molecule has 5 nitrogen and oxygen atoms in total. The Hall–Kier alpha value is -2.18. The summed E-state index contributed by atoms with van der Waals surface area (Å²) in [5.74, 6) is 0.371. The molecule has 0 spiro atoms. The number of amides is 1. The predicted octanol–water partition coefficient (Wildman–Crippen LogP) is 4.74. The van der Waals surface area contributed by atoms with E-state index in [2.05, 4.69) is 65.8 Å². The molecule has 0 saturated carbocycles. The zero-order valence-corrected chi connectivity index (χ0v) is 18.1. The highest BCUT2D eigenvalue weighted by Gasteiger charge is 2.11. The molecule has 1 aromatic carbocycles. The summed E-state index contributed by atoms with van der Waals surface area (Å²) in [6.45, 7) is 12.8. The van der Waals surface area contributed by atoms with Gasteiger partial charge in [-0.3, -0.25) is 4.79 Å². The van der Waals surface area contributed by atoms with Crippen molar-refractivity contribution < 1.29 is 4.79 Å². The Morgan fingerprint density at radius 1 is 1.25 bits per heavy atom. The van der Waals surface area contributed by atoms with Crippen molar-refractivity contribution in [2.45, 2.75) is 46.6 Å². The molecular weight excluding hydrogens is 368 g/mol. The molecular formula is C22H30N4OS. The lowest BCUT2D eigenvalue weighted by atomic mass is 10.2. The van der Waals surface area contributed by atoms with Crippen molar-refractivity contribution in [1.82, 2.24) is 14.5 Å². The molecule has 0 fully saturated rings. The van der Waals surface area contributed by atoms with Crippen LogP contribution in [-0.4, -0.2) is 40.0 Å². The van der Waals surface area contributed by atoms with Crippen LogP contribution in [0.25, 0.3) is 10.9 Å². The van der Waals surface area contributed by atoms with Crippen LogP contribution in [0.4, 0.5) is 5.69 Å². The number of nitrogens with zero attached hydrogens (tertiary/aromatic N) is 3. The van der Waals surface area contributed by atoms with Gasteiger partial charge < -0.3 is 14.8 Å². The van der Waals surface area contributed by atoms with Crippen molar-refractivity contribution >= 4 is 33.8 Å². The lowest BCUT2D eigenvalue weighted by Gasteiger charge is -2.18. The van der Waals surface area contributed by atoms with Crippen LogP contribution in [0.3, 0.4) is 0 Å². The van der Waals surface area contributed by atoms with Crippen molar-refractivity contribution in [3.63, 3.8) is 0 Å². The zero-order chi connectivity index (χ0) is 20.1. The van der Waals surface area contributed by atoms with Gasteiger partial charge in [0.25, 0.3) is 0 Å². The minimum atomic E-state index is -0.0269. The summed E-state index contributed by atoms with van der Waals surface area (Å²) in [4.78, 5) is 19.4. The number of anilines is 1. The van der Waals surface area contributed by atoms with Crippen LogP contribution in [0.5, 0.6) is 0 Å². The van der Waals surface area contributed by atoms with E-state index >= 15 is 0 Å². The molecule has 0 atom stereocenters. The molecule has 1 amide bonds. The number of carbonyl (C=O) groups excluding carboxylic acids is 1. The van der Waals surface area contributed by atoms with E-state index in [-0.39, 0.29) is 5.91 Å². The highest BCUT2D eigenvalue weighted by Crippen LogP contribution is 2.22. The standard InChI is InChI=1S/C22H30N4OS/c1-5-25(6-2)11-12-26-10-9-17-13-18(7-8-20(17)26)23-21(27)14-19-15-28-22(24-19)16(3)4/h7-10,13,15-16H,5-6,11-12,14H2,1-4H3,(H,23,27). The number of fused-ring (bicyclic) bond motifs is 1. The third-order valence-corrected chi connectivity index (χ3v) is 6.21. The first-order chi connectivity index (χ1) is 13.5. The van der Waals surface area contributed by atoms with E-state index in [0.717, 1.165) is 48.0 Å². The molecule has 0 aliphatic carbocycles. The number of hydrogen-bond donors (Lipinski definition) is 1. The maximum absolute atomic E-state index is 12.4. The molecule has 0 aliphatic rings. The summed E-state index contributed by atoms with van der Waals surface area (Å²) in [6.07, 6.45) is 2.44. The van der Waals surface area contributed by atoms with Gasteiger partial charge in [-0.15, -0.1) is 11.3 Å². The summed E-state index contributed by atoms with van der Waals surface area (Å²) in [5, 5.41) is 7.21. The van der Waals surface area contributed by atoms with Gasteiger partial charge in [-0.2, -0.15) is 0 Å². The Balaban J connectivity index is 1.63. The minimum absolute atomic E-state index is 0.0269. The van der Waals surface area contributed by atoms with E-state index in [9.17, 15) is 4.79 Å². The normalized spacial score (nSPS) is 11.6. The third kappa shape index (κ3) is 5.00. The van der Waals surface area contributed by atoms with Crippen LogP contribution in [0.15, 0.2) is 35.8 Å². The zero-order valence-electron chi connectivity index (χ0n) is 17.2. The van der Waals surface area contributed by atoms with Gasteiger partial charge in [0.05, 0.1) is 17.1 Å². The first-order valence-corrected chi connectivity index (χ1v) is 10.9. The highest BCUT2D eigenvalue weighted by molar-refractivity contribution is 7.09. The fourth-order valence-corrected chi connectivity index (χ4v) is 4.14. The molecule has 6 heteroatoms. The van der Waals surface area contributed by atoms with E-state index in [1.807, 2.05) is 17.5 Å². The summed E-state index contributed by atoms with van der Waals surface area (Å²) in [6, 6.07) is 8.23. The second kappa shape index (κ2) is 9.34. The first kappa shape index (κ1) is 20.6. The van der Waals surface area contributed by atoms with Crippen molar-refractivity contribution in [2.24, 2.45) is 0 Å². The van der Waals surface area contributed by atoms with Crippen LogP contribution >= 0.6 is 11.3 Å². The Kier molecular flexibility index (Phi) is 6.86. The van der Waals surface area contributed by atoms with Crippen LogP contribution in [0, 0.1) is 0 Å². The summed E-state index contributed by atoms with van der Waals surface area (Å²) in [7, 11) is 0. The van der Waals surface area contributed by atoms with Crippen molar-refractivity contribution in [1.29, 1.82) is 0 Å². The largest absolute Gasteiger partial charge is 0.346 e. The molecule has 0 aliphatic heterocycles. The Morgan fingerprint density at radius 2 is 2.04 bits per heavy atom. The number of likely N-dealkylation sites (N-methyl/N-ethyl adjacent to an activating group) is 1. The molecule has 0 radical (unpaired) electrons. The van der Waals surface area contributed by atoms with Gasteiger partial charge in [-0.1, -0.05) is 27.7 Å². The van der Waals surface area contributed by atoms with Crippen molar-refractivity contribution in [3.05, 3.63) is 46.5 Å². The van der Waals surface area contributed by atoms with Crippen LogP contribution in [0.2, 0.25) is 0 Å². The summed E-state index contributed by atoms with van der Waals surface area (Å²) in [5.41, 5.74) is 2.87. The fraction of sp³-hybridized carbons (Fsp3) is 0.455. The highest BCUT2D eigenvalue weighted by atomic mass is 32.1. The van der Waals surface area contributed by atoms with Gasteiger partial charge in [0, 0.05) is 47.2 Å². The van der Waals surface area contributed by atoms with Gasteiger partial charge in [0.15, 0.2) is 0 Å². The number of rotatable bonds is 9. The van der Waals surface area contributed by atoms with Gasteiger partial charge in [0.2, 0.25) is 5.91 Å². The smallest absolute Gasteiger partial charge is 0.230 e. The molecule has 1 N–H and O–H groups in total. The van der Waals surface area contributed by atoms with E-state index in [4.69, 9.17) is 0 Å². The van der Waals surface area contributed by atoms with Crippen molar-refractivity contribution in [2.75, 3.05) is 25.0 Å². The Morgan fingerprint density at radius 3 is 2.71 bits per heavy atom. The quantitative estimate of drug-likeness (QED) is 0.566. The Bertz CT molecular complexity index is 924. The lowest BCUT2D eigenvalue weighted by Crippen LogP contribution is -2.26. The van der Waals surface area contributed by atoms with Gasteiger partial charge in [-0.25, -0.2) is 4.98 Å². The molecule has 2 aromatic heterocycles. The molecule has 0 unspecified atom stereocenters. The monoisotopic (exact) mass is 398 g/mol. The minimum Gasteiger partial charge on any atom is -0.346 e. The van der Waals surface area contributed by atoms with Gasteiger partial charge in [-0.05, 0) is 37.4 Å². The molecule has 28 heavy (non-hydrogen) atoms. The van der Waals surface area contributed by atoms with Gasteiger partial charge in [0.1, 0.15) is 0 Å². The van der Waals surface area contributed by atoms with Crippen molar-refractivity contribution in [3.8, 4) is 0 Å². The Labute approximate surface area is 171 Å². The SMILES string of the molecule is CCN(CC)CCn1ccc2cc(NC(=O)Cc3csc(C(C)C)n3)ccc21. The average molecular weight is 399 g/mol. The molecule has 3 rings (SSSR count). The molecule has 0 saturated heterocycles. The first-order valence-electron chi connectivity index (χ1n) is 10.1. The van der Waals surface area contributed by atoms with E-state index < -0.39 is 0 Å². The van der Waals surface area contributed by atoms with Crippen LogP contribution in [-0.2, 0) is 17.8 Å². The molecule has 2 heterocycles. The van der Waals surface area contributed by atoms with E-state index in [1.54, 1.807) is 11.3 Å². The third-order valence-electron chi connectivity index (χ3n) is 5.01. The van der Waals surface area contributed by atoms with Gasteiger partial charge >= 0.3 is 0 Å². The topological polar surface area (TPSA) is 50.2 Å². The number of thiazole rings is 1. The maximum Gasteiger partial charge on any atom is 0.230 e. The number of carbonyl (C=O) groups is 1. The molecule has 150 valence electrons. The lowest BCUT2D eigenvalue weighted by molar-refractivity contribution is -0.115. The number of nitrogens with one attached hydrogen (secondary N) is 1. The molecule has 3 aromatic rings. The number of benzene rings is 1. The second-order valence-electron chi connectivity index (χ2n) is 7.37. The fourth-order valence-electron chi connectivity index (χ4n) is 3.30. The molecule has 0 bridgehead atoms. The van der Waals surface area contributed by atoms with E-state index in [1.165, 1.54) is 5.52 Å². The summed E-state index contributed by atoms with van der Waals surface area (Å²) >= 11 is 1.62. The van der Waals surface area contributed by atoms with Crippen LogP contribution in [0.1, 0.15) is 44.3 Å².